The van der Waals surface area contributed by atoms with E-state index in [1.54, 1.807) is 12.1 Å². The molecule has 21 heavy (non-hydrogen) atoms. The molecule has 0 aliphatic rings. The molecule has 0 saturated heterocycles. The van der Waals surface area contributed by atoms with Crippen LogP contribution >= 0.6 is 27.5 Å². The van der Waals surface area contributed by atoms with Crippen LogP contribution in [0.1, 0.15) is 12.6 Å². The Hall–Kier alpha value is -1.53. The van der Waals surface area contributed by atoms with E-state index >= 15 is 0 Å². The number of methoxy groups -OCH3 is 2. The Bertz CT molecular complexity index is 731. The number of benzene rings is 1. The Morgan fingerprint density at radius 3 is 2.62 bits per heavy atom. The van der Waals surface area contributed by atoms with Gasteiger partial charge in [0.25, 0.3) is 5.56 Å². The second-order valence-corrected chi connectivity index (χ2v) is 5.42. The average molecular weight is 374 g/mol. The number of nitrogens with zero attached hydrogens (tertiary/aromatic N) is 1. The molecule has 112 valence electrons. The zero-order valence-corrected chi connectivity index (χ0v) is 14.1. The summed E-state index contributed by atoms with van der Waals surface area (Å²) >= 11 is 9.41. The first-order chi connectivity index (χ1) is 10.0. The quantitative estimate of drug-likeness (QED) is 0.892. The molecule has 1 heterocycles. The van der Waals surface area contributed by atoms with Gasteiger partial charge < -0.3 is 14.5 Å². The summed E-state index contributed by atoms with van der Waals surface area (Å²) in [5, 5.41) is 0.385. The predicted octanol–water partition coefficient (Wildman–Crippen LogP) is 3.43. The van der Waals surface area contributed by atoms with Gasteiger partial charge in [0.15, 0.2) is 11.5 Å². The summed E-state index contributed by atoms with van der Waals surface area (Å²) in [5.74, 6) is 1.35. The van der Waals surface area contributed by atoms with E-state index in [9.17, 15) is 4.79 Å². The molecule has 0 bridgehead atoms. The van der Waals surface area contributed by atoms with Crippen molar-refractivity contribution in [2.45, 2.75) is 13.3 Å². The first-order valence-electron chi connectivity index (χ1n) is 6.22. The molecule has 0 unspecified atom stereocenters. The highest BCUT2D eigenvalue weighted by Gasteiger charge is 2.15. The maximum atomic E-state index is 11.9. The van der Waals surface area contributed by atoms with Crippen molar-refractivity contribution in [3.63, 3.8) is 0 Å². The molecule has 1 aromatic carbocycles. The van der Waals surface area contributed by atoms with Gasteiger partial charge in [-0.2, -0.15) is 0 Å². The van der Waals surface area contributed by atoms with Crippen molar-refractivity contribution in [3.8, 4) is 22.9 Å². The zero-order valence-electron chi connectivity index (χ0n) is 11.8. The van der Waals surface area contributed by atoms with Crippen molar-refractivity contribution >= 4 is 27.5 Å². The lowest BCUT2D eigenvalue weighted by Gasteiger charge is -2.12. The molecule has 0 atom stereocenters. The number of hydrogen-bond acceptors (Lipinski definition) is 4. The normalized spacial score (nSPS) is 10.5. The van der Waals surface area contributed by atoms with E-state index in [4.69, 9.17) is 21.1 Å². The number of aromatic amines is 1. The minimum Gasteiger partial charge on any atom is -0.493 e. The fraction of sp³-hybridized carbons (Fsp3) is 0.286. The summed E-state index contributed by atoms with van der Waals surface area (Å²) in [6, 6.07) is 3.39. The van der Waals surface area contributed by atoms with Crippen molar-refractivity contribution < 1.29 is 9.47 Å². The Labute approximate surface area is 135 Å². The summed E-state index contributed by atoms with van der Waals surface area (Å²) in [4.78, 5) is 19.1. The Balaban J connectivity index is 2.65. The van der Waals surface area contributed by atoms with Crippen LogP contribution in [-0.4, -0.2) is 24.2 Å². The maximum Gasteiger partial charge on any atom is 0.265 e. The summed E-state index contributed by atoms with van der Waals surface area (Å²) in [6.07, 6.45) is 0.637. The Kier molecular flexibility index (Phi) is 4.90. The van der Waals surface area contributed by atoms with Crippen molar-refractivity contribution in [1.82, 2.24) is 9.97 Å². The van der Waals surface area contributed by atoms with Gasteiger partial charge in [0.1, 0.15) is 10.3 Å². The largest absolute Gasteiger partial charge is 0.493 e. The first kappa shape index (κ1) is 15.9. The predicted molar refractivity (Wildman–Crippen MR) is 85.5 cm³/mol. The van der Waals surface area contributed by atoms with E-state index in [0.29, 0.717) is 44.5 Å². The number of aromatic nitrogens is 2. The van der Waals surface area contributed by atoms with Gasteiger partial charge in [-0.25, -0.2) is 4.98 Å². The van der Waals surface area contributed by atoms with Gasteiger partial charge in [-0.15, -0.1) is 0 Å². The van der Waals surface area contributed by atoms with Gasteiger partial charge in [0.2, 0.25) is 0 Å². The van der Waals surface area contributed by atoms with E-state index in [1.165, 1.54) is 14.2 Å². The van der Waals surface area contributed by atoms with Gasteiger partial charge >= 0.3 is 0 Å². The van der Waals surface area contributed by atoms with Crippen LogP contribution in [0.3, 0.4) is 0 Å². The van der Waals surface area contributed by atoms with Gasteiger partial charge in [-0.1, -0.05) is 18.5 Å². The number of aryl methyl sites for hydroxylation is 1. The number of ether oxygens (including phenoxy) is 2. The van der Waals surface area contributed by atoms with Crippen molar-refractivity contribution in [3.05, 3.63) is 37.7 Å². The lowest BCUT2D eigenvalue weighted by atomic mass is 10.1. The third-order valence-electron chi connectivity index (χ3n) is 2.97. The Morgan fingerprint density at radius 2 is 2.05 bits per heavy atom. The van der Waals surface area contributed by atoms with Crippen LogP contribution in [0.2, 0.25) is 5.02 Å². The van der Waals surface area contributed by atoms with Gasteiger partial charge in [-0.3, -0.25) is 4.79 Å². The van der Waals surface area contributed by atoms with Gasteiger partial charge in [0.05, 0.1) is 24.9 Å². The summed E-state index contributed by atoms with van der Waals surface area (Å²) in [6.45, 7) is 1.93. The molecule has 1 N–H and O–H groups in total. The van der Waals surface area contributed by atoms with E-state index in [2.05, 4.69) is 25.9 Å². The smallest absolute Gasteiger partial charge is 0.265 e. The molecule has 0 fully saturated rings. The van der Waals surface area contributed by atoms with Crippen LogP contribution in [0.15, 0.2) is 21.4 Å². The van der Waals surface area contributed by atoms with Crippen molar-refractivity contribution in [2.24, 2.45) is 0 Å². The molecule has 0 aliphatic heterocycles. The van der Waals surface area contributed by atoms with Crippen molar-refractivity contribution in [1.29, 1.82) is 0 Å². The minimum absolute atomic E-state index is 0.234. The molecule has 0 aliphatic carbocycles. The number of nitrogens with one attached hydrogen (secondary N) is 1. The fourth-order valence-electron chi connectivity index (χ4n) is 1.93. The monoisotopic (exact) mass is 372 g/mol. The standard InChI is InChI=1S/C14H14BrClN2O3/c1-4-9-11(15)14(19)18-13(17-9)7-5-8(16)12(21-3)10(6-7)20-2/h5-6H,4H2,1-3H3,(H,17,18,19). The zero-order chi connectivity index (χ0) is 15.6. The maximum absolute atomic E-state index is 11.9. The minimum atomic E-state index is -0.234. The molecule has 2 rings (SSSR count). The van der Waals surface area contributed by atoms with Crippen LogP contribution in [0.4, 0.5) is 0 Å². The van der Waals surface area contributed by atoms with Crippen molar-refractivity contribution in [2.75, 3.05) is 14.2 Å². The summed E-state index contributed by atoms with van der Waals surface area (Å²) in [7, 11) is 3.03. The molecule has 7 heteroatoms. The van der Waals surface area contributed by atoms with Crippen LogP contribution in [0.5, 0.6) is 11.5 Å². The molecule has 0 radical (unpaired) electrons. The molecule has 2 aromatic rings. The highest BCUT2D eigenvalue weighted by Crippen LogP contribution is 2.38. The van der Waals surface area contributed by atoms with E-state index < -0.39 is 0 Å². The van der Waals surface area contributed by atoms with E-state index in [1.807, 2.05) is 6.92 Å². The van der Waals surface area contributed by atoms with Crippen LogP contribution < -0.4 is 15.0 Å². The highest BCUT2D eigenvalue weighted by atomic mass is 79.9. The van der Waals surface area contributed by atoms with Gasteiger partial charge in [-0.05, 0) is 34.5 Å². The van der Waals surface area contributed by atoms with Crippen LogP contribution in [0.25, 0.3) is 11.4 Å². The number of halogens is 2. The summed E-state index contributed by atoms with van der Waals surface area (Å²) < 4.78 is 10.9. The SMILES string of the molecule is CCc1nc(-c2cc(Cl)c(OC)c(OC)c2)[nH]c(=O)c1Br. The van der Waals surface area contributed by atoms with E-state index in [0.717, 1.165) is 0 Å². The molecular weight excluding hydrogens is 360 g/mol. The first-order valence-corrected chi connectivity index (χ1v) is 7.39. The Morgan fingerprint density at radius 1 is 1.33 bits per heavy atom. The third-order valence-corrected chi connectivity index (χ3v) is 4.07. The molecule has 0 amide bonds. The lowest BCUT2D eigenvalue weighted by Crippen LogP contribution is -2.13. The molecule has 0 saturated carbocycles. The lowest BCUT2D eigenvalue weighted by molar-refractivity contribution is 0.355. The second kappa shape index (κ2) is 6.49. The third kappa shape index (κ3) is 3.06. The number of hydrogen-bond donors (Lipinski definition) is 1. The number of H-pyrrole nitrogens is 1. The van der Waals surface area contributed by atoms with Gasteiger partial charge in [0, 0.05) is 5.56 Å². The molecule has 1 aromatic heterocycles. The highest BCUT2D eigenvalue weighted by molar-refractivity contribution is 9.10. The average Bonchev–Trinajstić information content (AvgIpc) is 2.48. The summed E-state index contributed by atoms with van der Waals surface area (Å²) in [5.41, 5.74) is 1.10. The fourth-order valence-corrected chi connectivity index (χ4v) is 2.69. The number of rotatable bonds is 4. The topological polar surface area (TPSA) is 64.2 Å². The molecule has 5 nitrogen and oxygen atoms in total. The van der Waals surface area contributed by atoms with Crippen LogP contribution in [0, 0.1) is 0 Å². The molecule has 0 spiro atoms. The van der Waals surface area contributed by atoms with Crippen LogP contribution in [-0.2, 0) is 6.42 Å². The molecular formula is C14H14BrClN2O3. The second-order valence-electron chi connectivity index (χ2n) is 4.22. The van der Waals surface area contributed by atoms with E-state index in [-0.39, 0.29) is 5.56 Å².